The normalized spacial score (nSPS) is 19.9. The first-order valence-corrected chi connectivity index (χ1v) is 21.7. The highest BCUT2D eigenvalue weighted by molar-refractivity contribution is 5.94. The molecule has 0 aliphatic heterocycles. The summed E-state index contributed by atoms with van der Waals surface area (Å²) in [5.74, 6) is 2.03. The minimum Gasteiger partial charge on any atom is -0.296 e. The van der Waals surface area contributed by atoms with Gasteiger partial charge in [0, 0.05) is 23.4 Å². The molecule has 11 rings (SSSR count). The summed E-state index contributed by atoms with van der Waals surface area (Å²) in [5, 5.41) is 2.77. The molecule has 2 nitrogen and oxygen atoms in total. The highest BCUT2D eigenvalue weighted by atomic mass is 15.1. The molecule has 0 spiro atoms. The number of fused-ring (bicyclic) bond motifs is 3. The van der Waals surface area contributed by atoms with E-state index in [-0.39, 0.29) is 5.92 Å². The van der Waals surface area contributed by atoms with Gasteiger partial charge in [0.15, 0.2) is 0 Å². The van der Waals surface area contributed by atoms with Crippen LogP contribution in [0, 0.1) is 5.92 Å². The lowest BCUT2D eigenvalue weighted by Gasteiger charge is -2.34. The van der Waals surface area contributed by atoms with Crippen LogP contribution in [0.2, 0.25) is 0 Å². The molecule has 0 saturated carbocycles. The van der Waals surface area contributed by atoms with E-state index in [0.717, 1.165) is 55.4 Å². The molecule has 286 valence electrons. The van der Waals surface area contributed by atoms with Crippen LogP contribution >= 0.6 is 0 Å². The van der Waals surface area contributed by atoms with Crippen molar-refractivity contribution in [2.45, 2.75) is 56.8 Å². The molecule has 4 aliphatic rings. The van der Waals surface area contributed by atoms with Gasteiger partial charge in [-0.1, -0.05) is 158 Å². The second-order valence-corrected chi connectivity index (χ2v) is 16.7. The fourth-order valence-corrected chi connectivity index (χ4v) is 10.5. The van der Waals surface area contributed by atoms with Crippen LogP contribution in [-0.2, 0) is 0 Å². The fourth-order valence-electron chi connectivity index (χ4n) is 10.5. The van der Waals surface area contributed by atoms with Gasteiger partial charge in [-0.05, 0) is 141 Å². The predicted octanol–water partition coefficient (Wildman–Crippen LogP) is 12.8. The highest BCUT2D eigenvalue weighted by Crippen LogP contribution is 2.46. The van der Waals surface area contributed by atoms with Crippen molar-refractivity contribution in [3.63, 3.8) is 0 Å². The van der Waals surface area contributed by atoms with Crippen LogP contribution in [-0.4, -0.2) is 9.55 Å². The van der Waals surface area contributed by atoms with E-state index >= 15 is 0 Å². The number of benzene rings is 6. The molecule has 0 fully saturated rings. The summed E-state index contributed by atoms with van der Waals surface area (Å²) in [6.45, 7) is 0. The number of allylic oxidation sites excluding steroid dienone is 8. The summed E-state index contributed by atoms with van der Waals surface area (Å²) in [7, 11) is 0. The number of imidazole rings is 1. The zero-order valence-electron chi connectivity index (χ0n) is 33.5. The Kier molecular flexibility index (Phi) is 9.27. The molecule has 1 aromatic heterocycles. The average molecular weight is 761 g/mol. The monoisotopic (exact) mass is 760 g/mol. The molecule has 0 saturated heterocycles. The maximum atomic E-state index is 5.25. The molecule has 0 bridgehead atoms. The highest BCUT2D eigenvalue weighted by Gasteiger charge is 2.33. The summed E-state index contributed by atoms with van der Waals surface area (Å²) in [6, 6.07) is 56.2. The van der Waals surface area contributed by atoms with E-state index in [0.29, 0.717) is 11.8 Å². The maximum absolute atomic E-state index is 5.25. The first-order chi connectivity index (χ1) is 29.3. The standard InChI is InChI=1S/C57H48N2/c1-4-18-40(19-5-1)45-24-10-12-26-47(45)55-49-28-14-15-29-50(49)56(48-27-13-11-25-46(48)41-20-6-2-7-21-41)52-38-43(36-37-51(52)55)39-32-34-42(35-33-39)57-58-53-30-16-17-31-54(53)59(57)44-22-8-3-9-23-44/h1-4,6-13,16-18,20-27,29-32,34,36-39,42,49H,5,14-15,19,28,33,35H2/t39-,42?,49?/m0/s1. The Hall–Kier alpha value is -6.51. The van der Waals surface area contributed by atoms with Gasteiger partial charge in [-0.15, -0.1) is 0 Å². The van der Waals surface area contributed by atoms with Crippen LogP contribution in [0.15, 0.2) is 194 Å². The minimum atomic E-state index is 0.241. The zero-order valence-corrected chi connectivity index (χ0v) is 33.5. The molecule has 6 aromatic carbocycles. The van der Waals surface area contributed by atoms with Crippen molar-refractivity contribution in [3.05, 3.63) is 232 Å². The SMILES string of the molecule is C1=CCCC(c2ccccc2C2=c3ccc([C@H]4C=CC(c5nc6ccccc6n5-c5ccccc5)CC4)cc3=C(c3ccccc3-c3ccccc3)C3=CCCCC32)=C1. The molecular weight excluding hydrogens is 713 g/mol. The van der Waals surface area contributed by atoms with Crippen molar-refractivity contribution in [2.75, 3.05) is 0 Å². The van der Waals surface area contributed by atoms with Gasteiger partial charge in [-0.2, -0.15) is 0 Å². The van der Waals surface area contributed by atoms with Crippen molar-refractivity contribution in [3.8, 4) is 16.8 Å². The van der Waals surface area contributed by atoms with Crippen LogP contribution in [0.5, 0.6) is 0 Å². The zero-order chi connectivity index (χ0) is 39.1. The lowest BCUT2D eigenvalue weighted by atomic mass is 9.69. The molecule has 0 amide bonds. The van der Waals surface area contributed by atoms with Gasteiger partial charge in [0.1, 0.15) is 5.82 Å². The Balaban J connectivity index is 1.10. The Labute approximate surface area is 347 Å². The van der Waals surface area contributed by atoms with Crippen molar-refractivity contribution >= 4 is 27.8 Å². The van der Waals surface area contributed by atoms with Gasteiger partial charge in [0.2, 0.25) is 0 Å². The van der Waals surface area contributed by atoms with E-state index in [1.165, 1.54) is 78.2 Å². The first kappa shape index (κ1) is 35.6. The Bertz CT molecular complexity index is 2970. The quantitative estimate of drug-likeness (QED) is 0.148. The van der Waals surface area contributed by atoms with E-state index in [1.54, 1.807) is 0 Å². The fraction of sp³-hybridized carbons (Fsp3) is 0.175. The number of rotatable bonds is 7. The molecule has 3 atom stereocenters. The molecule has 2 unspecified atom stereocenters. The number of nitrogens with zero attached hydrogens (tertiary/aromatic N) is 2. The van der Waals surface area contributed by atoms with Gasteiger partial charge in [-0.3, -0.25) is 4.57 Å². The molecule has 1 heterocycles. The van der Waals surface area contributed by atoms with E-state index < -0.39 is 0 Å². The van der Waals surface area contributed by atoms with Gasteiger partial charge in [-0.25, -0.2) is 4.98 Å². The third-order valence-corrected chi connectivity index (χ3v) is 13.3. The third kappa shape index (κ3) is 6.39. The summed E-state index contributed by atoms with van der Waals surface area (Å²) in [6.07, 6.45) is 22.2. The minimum absolute atomic E-state index is 0.241. The number of hydrogen-bond donors (Lipinski definition) is 0. The van der Waals surface area contributed by atoms with Crippen molar-refractivity contribution in [1.82, 2.24) is 9.55 Å². The maximum Gasteiger partial charge on any atom is 0.121 e. The number of para-hydroxylation sites is 3. The van der Waals surface area contributed by atoms with Gasteiger partial charge in [0.05, 0.1) is 11.0 Å². The van der Waals surface area contributed by atoms with E-state index in [9.17, 15) is 0 Å². The molecule has 0 N–H and O–H groups in total. The van der Waals surface area contributed by atoms with Crippen molar-refractivity contribution < 1.29 is 0 Å². The van der Waals surface area contributed by atoms with Crippen molar-refractivity contribution in [1.29, 1.82) is 0 Å². The van der Waals surface area contributed by atoms with Crippen LogP contribution in [0.1, 0.15) is 84.9 Å². The van der Waals surface area contributed by atoms with Gasteiger partial charge >= 0.3 is 0 Å². The third-order valence-electron chi connectivity index (χ3n) is 13.3. The lowest BCUT2D eigenvalue weighted by molar-refractivity contribution is 0.577. The van der Waals surface area contributed by atoms with Gasteiger partial charge in [0.25, 0.3) is 0 Å². The summed E-state index contributed by atoms with van der Waals surface area (Å²) < 4.78 is 2.37. The second-order valence-electron chi connectivity index (χ2n) is 16.7. The van der Waals surface area contributed by atoms with E-state index in [1.807, 2.05) is 0 Å². The van der Waals surface area contributed by atoms with Crippen LogP contribution in [0.25, 0.3) is 44.6 Å². The number of aromatic nitrogens is 2. The summed E-state index contributed by atoms with van der Waals surface area (Å²) in [4.78, 5) is 5.25. The van der Waals surface area contributed by atoms with E-state index in [4.69, 9.17) is 4.98 Å². The van der Waals surface area contributed by atoms with Gasteiger partial charge < -0.3 is 0 Å². The van der Waals surface area contributed by atoms with Crippen LogP contribution in [0.3, 0.4) is 0 Å². The summed E-state index contributed by atoms with van der Waals surface area (Å²) >= 11 is 0. The molecular formula is C57H48N2. The predicted molar refractivity (Wildman–Crippen MR) is 246 cm³/mol. The molecule has 0 radical (unpaired) electrons. The second kappa shape index (κ2) is 15.3. The van der Waals surface area contributed by atoms with Crippen LogP contribution < -0.4 is 10.4 Å². The smallest absolute Gasteiger partial charge is 0.121 e. The summed E-state index contributed by atoms with van der Waals surface area (Å²) in [5.41, 5.74) is 17.3. The molecule has 4 aliphatic carbocycles. The Morgan fingerprint density at radius 2 is 1.29 bits per heavy atom. The Morgan fingerprint density at radius 3 is 2.08 bits per heavy atom. The molecule has 59 heavy (non-hydrogen) atoms. The van der Waals surface area contributed by atoms with Crippen LogP contribution in [0.4, 0.5) is 0 Å². The molecule has 7 aromatic rings. The lowest BCUT2D eigenvalue weighted by Crippen LogP contribution is -2.39. The largest absolute Gasteiger partial charge is 0.296 e. The van der Waals surface area contributed by atoms with E-state index in [2.05, 4.69) is 193 Å². The first-order valence-electron chi connectivity index (χ1n) is 21.7. The number of hydrogen-bond acceptors (Lipinski definition) is 1. The molecule has 2 heteroatoms. The van der Waals surface area contributed by atoms with Crippen molar-refractivity contribution in [2.24, 2.45) is 5.92 Å². The topological polar surface area (TPSA) is 17.8 Å². The Morgan fingerprint density at radius 1 is 0.576 bits per heavy atom. The average Bonchev–Trinajstić information content (AvgIpc) is 3.71.